The SMILES string of the molecule is C=C(C)CNC(=O)N(C(N)=O)c1ccccc1. The van der Waals surface area contributed by atoms with Gasteiger partial charge in [-0.2, -0.15) is 0 Å². The fraction of sp³-hybridized carbons (Fsp3) is 0.167. The first-order valence-corrected chi connectivity index (χ1v) is 5.09. The molecule has 3 N–H and O–H groups in total. The van der Waals surface area contributed by atoms with Crippen LogP contribution in [0.2, 0.25) is 0 Å². The van der Waals surface area contributed by atoms with Crippen molar-refractivity contribution in [2.75, 3.05) is 11.4 Å². The van der Waals surface area contributed by atoms with Gasteiger partial charge in [-0.15, -0.1) is 0 Å². The van der Waals surface area contributed by atoms with E-state index in [1.165, 1.54) is 0 Å². The lowest BCUT2D eigenvalue weighted by Crippen LogP contribution is -2.47. The summed E-state index contributed by atoms with van der Waals surface area (Å²) in [7, 11) is 0. The number of hydrogen-bond donors (Lipinski definition) is 2. The van der Waals surface area contributed by atoms with Crippen LogP contribution in [0.1, 0.15) is 6.92 Å². The van der Waals surface area contributed by atoms with Gasteiger partial charge in [-0.05, 0) is 19.1 Å². The number of anilines is 1. The molecule has 1 rings (SSSR count). The highest BCUT2D eigenvalue weighted by Gasteiger charge is 2.20. The molecule has 0 spiro atoms. The molecule has 4 amide bonds. The van der Waals surface area contributed by atoms with Crippen LogP contribution in [0.5, 0.6) is 0 Å². The van der Waals surface area contributed by atoms with Crippen molar-refractivity contribution < 1.29 is 9.59 Å². The van der Waals surface area contributed by atoms with Gasteiger partial charge in [0.05, 0.1) is 5.69 Å². The van der Waals surface area contributed by atoms with Gasteiger partial charge in [-0.3, -0.25) is 0 Å². The molecule has 5 nitrogen and oxygen atoms in total. The van der Waals surface area contributed by atoms with E-state index in [9.17, 15) is 9.59 Å². The molecule has 1 aromatic rings. The molecule has 17 heavy (non-hydrogen) atoms. The monoisotopic (exact) mass is 233 g/mol. The van der Waals surface area contributed by atoms with E-state index in [4.69, 9.17) is 5.73 Å². The minimum Gasteiger partial charge on any atom is -0.351 e. The van der Waals surface area contributed by atoms with Crippen LogP contribution in [0.4, 0.5) is 15.3 Å². The number of benzene rings is 1. The molecular weight excluding hydrogens is 218 g/mol. The Morgan fingerprint density at radius 3 is 2.41 bits per heavy atom. The van der Waals surface area contributed by atoms with E-state index in [0.29, 0.717) is 12.2 Å². The second kappa shape index (κ2) is 5.69. The van der Waals surface area contributed by atoms with E-state index in [0.717, 1.165) is 10.5 Å². The van der Waals surface area contributed by atoms with Gasteiger partial charge in [0.2, 0.25) is 0 Å². The summed E-state index contributed by atoms with van der Waals surface area (Å²) in [4.78, 5) is 23.9. The van der Waals surface area contributed by atoms with Gasteiger partial charge < -0.3 is 11.1 Å². The summed E-state index contributed by atoms with van der Waals surface area (Å²) in [5.74, 6) is 0. The summed E-state index contributed by atoms with van der Waals surface area (Å²) < 4.78 is 0. The Bertz CT molecular complexity index is 429. The Kier molecular flexibility index (Phi) is 4.28. The molecule has 0 atom stereocenters. The van der Waals surface area contributed by atoms with Crippen LogP contribution in [0.15, 0.2) is 42.5 Å². The van der Waals surface area contributed by atoms with Crippen molar-refractivity contribution in [1.29, 1.82) is 0 Å². The number of hydrogen-bond acceptors (Lipinski definition) is 2. The molecule has 0 saturated carbocycles. The fourth-order valence-electron chi connectivity index (χ4n) is 1.23. The lowest BCUT2D eigenvalue weighted by molar-refractivity contribution is 0.239. The molecule has 0 aliphatic heterocycles. The fourth-order valence-corrected chi connectivity index (χ4v) is 1.23. The maximum absolute atomic E-state index is 11.8. The largest absolute Gasteiger partial charge is 0.351 e. The molecule has 0 aromatic heterocycles. The average molecular weight is 233 g/mol. The van der Waals surface area contributed by atoms with E-state index in [1.807, 2.05) is 0 Å². The molecule has 0 unspecified atom stereocenters. The summed E-state index contributed by atoms with van der Waals surface area (Å²) in [5, 5.41) is 2.55. The van der Waals surface area contributed by atoms with Crippen molar-refractivity contribution in [3.63, 3.8) is 0 Å². The summed E-state index contributed by atoms with van der Waals surface area (Å²) >= 11 is 0. The van der Waals surface area contributed by atoms with Gasteiger partial charge in [-0.25, -0.2) is 14.5 Å². The number of nitrogens with one attached hydrogen (secondary N) is 1. The first-order valence-electron chi connectivity index (χ1n) is 5.09. The van der Waals surface area contributed by atoms with Gasteiger partial charge in [-0.1, -0.05) is 30.4 Å². The standard InChI is InChI=1S/C12H15N3O2/c1-9(2)8-14-12(17)15(11(13)16)10-6-4-3-5-7-10/h3-7H,1,8H2,2H3,(H2,13,16)(H,14,17). The maximum atomic E-state index is 11.8. The summed E-state index contributed by atoms with van der Waals surface area (Å²) in [5.41, 5.74) is 6.40. The number of urea groups is 2. The van der Waals surface area contributed by atoms with Crippen molar-refractivity contribution in [2.45, 2.75) is 6.92 Å². The molecule has 0 radical (unpaired) electrons. The van der Waals surface area contributed by atoms with Crippen LogP contribution in [-0.4, -0.2) is 18.6 Å². The summed E-state index contributed by atoms with van der Waals surface area (Å²) in [6.45, 7) is 5.73. The number of amides is 4. The normalized spacial score (nSPS) is 9.47. The topological polar surface area (TPSA) is 75.4 Å². The number of rotatable bonds is 3. The molecule has 5 heteroatoms. The molecule has 0 fully saturated rings. The lowest BCUT2D eigenvalue weighted by Gasteiger charge is -2.19. The average Bonchev–Trinajstić information content (AvgIpc) is 2.27. The Morgan fingerprint density at radius 2 is 1.94 bits per heavy atom. The Labute approximate surface area is 99.9 Å². The summed E-state index contributed by atoms with van der Waals surface area (Å²) in [6.07, 6.45) is 0. The van der Waals surface area contributed by atoms with Gasteiger partial charge >= 0.3 is 12.1 Å². The second-order valence-corrected chi connectivity index (χ2v) is 3.63. The maximum Gasteiger partial charge on any atom is 0.330 e. The zero-order valence-electron chi connectivity index (χ0n) is 9.64. The smallest absolute Gasteiger partial charge is 0.330 e. The van der Waals surface area contributed by atoms with Crippen LogP contribution >= 0.6 is 0 Å². The van der Waals surface area contributed by atoms with Crippen molar-refractivity contribution >= 4 is 17.7 Å². The first kappa shape index (κ1) is 12.8. The van der Waals surface area contributed by atoms with E-state index in [-0.39, 0.29) is 0 Å². The number of nitrogens with zero attached hydrogens (tertiary/aromatic N) is 1. The molecule has 90 valence electrons. The number of carbonyl (C=O) groups is 2. The number of primary amides is 1. The third-order valence-electron chi connectivity index (χ3n) is 1.98. The molecule has 0 aliphatic rings. The molecular formula is C12H15N3O2. The number of imide groups is 1. The highest BCUT2D eigenvalue weighted by atomic mass is 16.2. The molecule has 1 aromatic carbocycles. The van der Waals surface area contributed by atoms with Gasteiger partial charge in [0.1, 0.15) is 0 Å². The zero-order chi connectivity index (χ0) is 12.8. The lowest BCUT2D eigenvalue weighted by atomic mass is 10.3. The third-order valence-corrected chi connectivity index (χ3v) is 1.98. The van der Waals surface area contributed by atoms with Crippen molar-refractivity contribution in [3.8, 4) is 0 Å². The predicted molar refractivity (Wildman–Crippen MR) is 66.7 cm³/mol. The highest BCUT2D eigenvalue weighted by molar-refractivity contribution is 6.12. The van der Waals surface area contributed by atoms with E-state index in [1.54, 1.807) is 37.3 Å². The van der Waals surface area contributed by atoms with Crippen LogP contribution < -0.4 is 16.0 Å². The van der Waals surface area contributed by atoms with Crippen LogP contribution in [0.25, 0.3) is 0 Å². The van der Waals surface area contributed by atoms with Gasteiger partial charge in [0.15, 0.2) is 0 Å². The third kappa shape index (κ3) is 3.64. The van der Waals surface area contributed by atoms with E-state index < -0.39 is 12.1 Å². The van der Waals surface area contributed by atoms with Crippen molar-refractivity contribution in [3.05, 3.63) is 42.5 Å². The van der Waals surface area contributed by atoms with Crippen LogP contribution in [0, 0.1) is 0 Å². The van der Waals surface area contributed by atoms with Crippen LogP contribution in [0.3, 0.4) is 0 Å². The van der Waals surface area contributed by atoms with Gasteiger partial charge in [0, 0.05) is 6.54 Å². The second-order valence-electron chi connectivity index (χ2n) is 3.63. The van der Waals surface area contributed by atoms with Crippen molar-refractivity contribution in [1.82, 2.24) is 5.32 Å². The minimum absolute atomic E-state index is 0.301. The van der Waals surface area contributed by atoms with E-state index in [2.05, 4.69) is 11.9 Å². The predicted octanol–water partition coefficient (Wildman–Crippen LogP) is 1.86. The quantitative estimate of drug-likeness (QED) is 0.782. The minimum atomic E-state index is -0.824. The van der Waals surface area contributed by atoms with Gasteiger partial charge in [0.25, 0.3) is 0 Å². The molecule has 0 saturated heterocycles. The Balaban J connectivity index is 2.84. The number of nitrogens with two attached hydrogens (primary N) is 1. The highest BCUT2D eigenvalue weighted by Crippen LogP contribution is 2.12. The zero-order valence-corrected chi connectivity index (χ0v) is 9.64. The van der Waals surface area contributed by atoms with Crippen LogP contribution in [-0.2, 0) is 0 Å². The number of para-hydroxylation sites is 1. The van der Waals surface area contributed by atoms with Crippen molar-refractivity contribution in [2.24, 2.45) is 5.73 Å². The summed E-state index contributed by atoms with van der Waals surface area (Å²) in [6, 6.07) is 7.10. The number of carbonyl (C=O) groups excluding carboxylic acids is 2. The van der Waals surface area contributed by atoms with E-state index >= 15 is 0 Å². The Morgan fingerprint density at radius 1 is 1.35 bits per heavy atom. The first-order chi connectivity index (χ1) is 8.02. The Hall–Kier alpha value is -2.30. The molecule has 0 aliphatic carbocycles. The molecule has 0 heterocycles. The molecule has 0 bridgehead atoms.